The molecule has 10 heavy (non-hydrogen) atoms. The average molecular weight is 208 g/mol. The molecule has 0 radical (unpaired) electrons. The first-order valence-corrected chi connectivity index (χ1v) is 4.54. The summed E-state index contributed by atoms with van der Waals surface area (Å²) >= 11 is 3.08. The lowest BCUT2D eigenvalue weighted by Gasteiger charge is -2.10. The summed E-state index contributed by atoms with van der Waals surface area (Å²) < 4.78 is 0. The number of rotatable bonds is 4. The normalized spacial score (nSPS) is 13.7. The van der Waals surface area contributed by atoms with E-state index in [2.05, 4.69) is 29.8 Å². The van der Waals surface area contributed by atoms with Crippen LogP contribution in [0.5, 0.6) is 0 Å². The van der Waals surface area contributed by atoms with Crippen molar-refractivity contribution in [3.63, 3.8) is 0 Å². The number of halogens is 1. The lowest BCUT2D eigenvalue weighted by molar-refractivity contribution is -0.118. The minimum atomic E-state index is -0.278. The van der Waals surface area contributed by atoms with Crippen molar-refractivity contribution in [1.82, 2.24) is 0 Å². The van der Waals surface area contributed by atoms with E-state index < -0.39 is 0 Å². The maximum atomic E-state index is 10.9. The molecule has 0 bridgehead atoms. The molecule has 0 saturated heterocycles. The Balaban J connectivity index is 3.61. The molecule has 2 N–H and O–H groups in total. The molecule has 0 fully saturated rings. The van der Waals surface area contributed by atoms with Crippen LogP contribution < -0.4 is 5.73 Å². The van der Waals surface area contributed by atoms with Gasteiger partial charge in [0.05, 0.1) is 11.4 Å². The fourth-order valence-electron chi connectivity index (χ4n) is 0.738. The van der Waals surface area contributed by atoms with Crippen LogP contribution in [0, 0.1) is 5.92 Å². The van der Waals surface area contributed by atoms with Crippen molar-refractivity contribution in [3.8, 4) is 0 Å². The van der Waals surface area contributed by atoms with Gasteiger partial charge in [-0.3, -0.25) is 4.79 Å². The van der Waals surface area contributed by atoms with Crippen LogP contribution in [0.1, 0.15) is 20.3 Å². The van der Waals surface area contributed by atoms with Crippen molar-refractivity contribution in [3.05, 3.63) is 0 Å². The Labute approximate surface area is 70.3 Å². The molecule has 0 aromatic rings. The maximum Gasteiger partial charge on any atom is 0.160 e. The molecule has 0 aromatic carbocycles. The summed E-state index contributed by atoms with van der Waals surface area (Å²) in [4.78, 5) is 10.9. The number of Topliss-reactive ketones (excluding diaryl/α,β-unsaturated/α-hetero) is 1. The van der Waals surface area contributed by atoms with Crippen molar-refractivity contribution in [2.24, 2.45) is 11.7 Å². The fraction of sp³-hybridized carbons (Fsp3) is 0.857. The van der Waals surface area contributed by atoms with Crippen molar-refractivity contribution >= 4 is 21.7 Å². The first-order valence-electron chi connectivity index (χ1n) is 3.42. The Morgan fingerprint density at radius 2 is 2.10 bits per heavy atom. The second-order valence-electron chi connectivity index (χ2n) is 2.84. The Morgan fingerprint density at radius 3 is 2.40 bits per heavy atom. The third-order valence-corrected chi connectivity index (χ3v) is 1.82. The average Bonchev–Trinajstić information content (AvgIpc) is 1.85. The molecule has 3 heteroatoms. The van der Waals surface area contributed by atoms with E-state index in [9.17, 15) is 4.79 Å². The van der Waals surface area contributed by atoms with Crippen LogP contribution >= 0.6 is 15.9 Å². The van der Waals surface area contributed by atoms with E-state index in [1.807, 2.05) is 0 Å². The number of carbonyl (C=O) groups excluding carboxylic acids is 1. The van der Waals surface area contributed by atoms with Gasteiger partial charge in [0.25, 0.3) is 0 Å². The van der Waals surface area contributed by atoms with Gasteiger partial charge in [0, 0.05) is 0 Å². The summed E-state index contributed by atoms with van der Waals surface area (Å²) in [6, 6.07) is -0.278. The fourth-order valence-corrected chi connectivity index (χ4v) is 1.15. The predicted octanol–water partition coefficient (Wildman–Crippen LogP) is 1.32. The Kier molecular flexibility index (Phi) is 4.91. The van der Waals surface area contributed by atoms with Gasteiger partial charge in [-0.05, 0) is 12.3 Å². The monoisotopic (exact) mass is 207 g/mol. The highest BCUT2D eigenvalue weighted by Gasteiger charge is 2.12. The lowest BCUT2D eigenvalue weighted by Crippen LogP contribution is -2.32. The van der Waals surface area contributed by atoms with E-state index in [0.717, 1.165) is 6.42 Å². The van der Waals surface area contributed by atoms with Crippen LogP contribution in [0.4, 0.5) is 0 Å². The van der Waals surface area contributed by atoms with Gasteiger partial charge in [-0.25, -0.2) is 0 Å². The first-order chi connectivity index (χ1) is 4.57. The summed E-state index contributed by atoms with van der Waals surface area (Å²) in [5, 5.41) is 0.376. The predicted molar refractivity (Wildman–Crippen MR) is 46.2 cm³/mol. The van der Waals surface area contributed by atoms with E-state index in [1.165, 1.54) is 0 Å². The van der Waals surface area contributed by atoms with Crippen LogP contribution in [0.25, 0.3) is 0 Å². The van der Waals surface area contributed by atoms with Gasteiger partial charge in [0.2, 0.25) is 0 Å². The van der Waals surface area contributed by atoms with E-state index in [4.69, 9.17) is 5.73 Å². The zero-order chi connectivity index (χ0) is 8.15. The summed E-state index contributed by atoms with van der Waals surface area (Å²) in [6.45, 7) is 4.11. The smallest absolute Gasteiger partial charge is 0.160 e. The molecule has 0 aliphatic heterocycles. The molecular weight excluding hydrogens is 194 g/mol. The van der Waals surface area contributed by atoms with Crippen molar-refractivity contribution in [2.75, 3.05) is 5.33 Å². The SMILES string of the molecule is CC(C)C[C@H](N)C(=O)CBr. The molecule has 60 valence electrons. The van der Waals surface area contributed by atoms with Crippen molar-refractivity contribution in [1.29, 1.82) is 0 Å². The van der Waals surface area contributed by atoms with Gasteiger partial charge in [-0.15, -0.1) is 0 Å². The second-order valence-corrected chi connectivity index (χ2v) is 3.40. The van der Waals surface area contributed by atoms with E-state index in [0.29, 0.717) is 11.2 Å². The third-order valence-electron chi connectivity index (χ3n) is 1.27. The van der Waals surface area contributed by atoms with Gasteiger partial charge >= 0.3 is 0 Å². The topological polar surface area (TPSA) is 43.1 Å². The second kappa shape index (κ2) is 4.85. The summed E-state index contributed by atoms with van der Waals surface area (Å²) in [6.07, 6.45) is 0.782. The molecule has 0 heterocycles. The number of ketones is 1. The van der Waals surface area contributed by atoms with Crippen LogP contribution in [0.15, 0.2) is 0 Å². The van der Waals surface area contributed by atoms with Gasteiger partial charge in [-0.2, -0.15) is 0 Å². The minimum Gasteiger partial charge on any atom is -0.321 e. The zero-order valence-corrected chi connectivity index (χ0v) is 8.02. The van der Waals surface area contributed by atoms with E-state index in [-0.39, 0.29) is 11.8 Å². The number of hydrogen-bond donors (Lipinski definition) is 1. The van der Waals surface area contributed by atoms with Crippen LogP contribution in [0.3, 0.4) is 0 Å². The van der Waals surface area contributed by atoms with Crippen LogP contribution in [-0.2, 0) is 4.79 Å². The van der Waals surface area contributed by atoms with E-state index >= 15 is 0 Å². The van der Waals surface area contributed by atoms with Crippen molar-refractivity contribution < 1.29 is 4.79 Å². The molecule has 2 nitrogen and oxygen atoms in total. The molecule has 0 aliphatic carbocycles. The largest absolute Gasteiger partial charge is 0.321 e. The summed E-state index contributed by atoms with van der Waals surface area (Å²) in [7, 11) is 0. The molecule has 0 spiro atoms. The third kappa shape index (κ3) is 4.01. The maximum absolute atomic E-state index is 10.9. The molecule has 0 unspecified atom stereocenters. The number of hydrogen-bond acceptors (Lipinski definition) is 2. The molecular formula is C7H14BrNO. The molecule has 0 rings (SSSR count). The highest BCUT2D eigenvalue weighted by Crippen LogP contribution is 2.04. The number of carbonyl (C=O) groups is 1. The highest BCUT2D eigenvalue weighted by atomic mass is 79.9. The quantitative estimate of drug-likeness (QED) is 0.708. The summed E-state index contributed by atoms with van der Waals surface area (Å²) in [5.74, 6) is 0.590. The molecule has 0 aliphatic rings. The minimum absolute atomic E-state index is 0.0914. The standard InChI is InChI=1S/C7H14BrNO/c1-5(2)3-6(9)7(10)4-8/h5-6H,3-4,9H2,1-2H3/t6-/m0/s1. The Morgan fingerprint density at radius 1 is 1.60 bits per heavy atom. The molecule has 0 aromatic heterocycles. The Bertz CT molecular complexity index is 114. The number of alkyl halides is 1. The summed E-state index contributed by atoms with van der Waals surface area (Å²) in [5.41, 5.74) is 5.55. The first kappa shape index (κ1) is 10.1. The van der Waals surface area contributed by atoms with Gasteiger partial charge in [0.15, 0.2) is 5.78 Å². The van der Waals surface area contributed by atoms with E-state index in [1.54, 1.807) is 0 Å². The highest BCUT2D eigenvalue weighted by molar-refractivity contribution is 9.09. The Hall–Kier alpha value is 0.110. The molecule has 0 saturated carbocycles. The van der Waals surface area contributed by atoms with Gasteiger partial charge < -0.3 is 5.73 Å². The van der Waals surface area contributed by atoms with Gasteiger partial charge in [0.1, 0.15) is 0 Å². The lowest BCUT2D eigenvalue weighted by atomic mass is 10.0. The molecule has 1 atom stereocenters. The number of nitrogens with two attached hydrogens (primary N) is 1. The van der Waals surface area contributed by atoms with Crippen molar-refractivity contribution in [2.45, 2.75) is 26.3 Å². The zero-order valence-electron chi connectivity index (χ0n) is 6.43. The van der Waals surface area contributed by atoms with Crippen LogP contribution in [-0.4, -0.2) is 17.2 Å². The van der Waals surface area contributed by atoms with Crippen LogP contribution in [0.2, 0.25) is 0 Å². The molecule has 0 amide bonds. The van der Waals surface area contributed by atoms with Gasteiger partial charge in [-0.1, -0.05) is 29.8 Å².